The van der Waals surface area contributed by atoms with Gasteiger partial charge in [-0.3, -0.25) is 0 Å². The summed E-state index contributed by atoms with van der Waals surface area (Å²) in [5.41, 5.74) is 2.51. The van der Waals surface area contributed by atoms with Gasteiger partial charge in [-0.05, 0) is 60.2 Å². The summed E-state index contributed by atoms with van der Waals surface area (Å²) >= 11 is 0. The molecule has 0 aliphatic rings. The molecule has 4 nitrogen and oxygen atoms in total. The Bertz CT molecular complexity index is 660. The first kappa shape index (κ1) is 26.3. The molecule has 0 fully saturated rings. The van der Waals surface area contributed by atoms with E-state index in [4.69, 9.17) is 13.8 Å². The standard InChI is InChI=1S/C23H46N2O2Si2/c1-22(2,3)28(9,10)26-15-13-19-17-20(21(24-18-19)25(7)8)14-16-27-29(11,12)23(4,5)6/h17-18H,13-16H2,1-12H3. The van der Waals surface area contributed by atoms with Crippen LogP contribution in [0.15, 0.2) is 12.3 Å². The van der Waals surface area contributed by atoms with Crippen molar-refractivity contribution in [2.24, 2.45) is 0 Å². The molecule has 0 atom stereocenters. The zero-order valence-electron chi connectivity index (χ0n) is 21.2. The van der Waals surface area contributed by atoms with Crippen LogP contribution in [0, 0.1) is 0 Å². The second-order valence-electron chi connectivity index (χ2n) is 11.4. The van der Waals surface area contributed by atoms with Gasteiger partial charge in [0.25, 0.3) is 0 Å². The number of hydrogen-bond acceptors (Lipinski definition) is 4. The molecule has 0 saturated carbocycles. The van der Waals surface area contributed by atoms with Crippen LogP contribution in [-0.4, -0.2) is 48.9 Å². The van der Waals surface area contributed by atoms with E-state index in [9.17, 15) is 0 Å². The van der Waals surface area contributed by atoms with Crippen LogP contribution >= 0.6 is 0 Å². The van der Waals surface area contributed by atoms with E-state index in [1.165, 1.54) is 11.1 Å². The van der Waals surface area contributed by atoms with E-state index in [0.717, 1.165) is 31.9 Å². The molecular weight excluding hydrogens is 392 g/mol. The van der Waals surface area contributed by atoms with Crippen molar-refractivity contribution in [3.63, 3.8) is 0 Å². The van der Waals surface area contributed by atoms with Crippen LogP contribution in [0.4, 0.5) is 5.82 Å². The van der Waals surface area contributed by atoms with Crippen LogP contribution in [0.5, 0.6) is 0 Å². The van der Waals surface area contributed by atoms with Crippen molar-refractivity contribution in [3.05, 3.63) is 23.4 Å². The maximum Gasteiger partial charge on any atom is 0.191 e. The summed E-state index contributed by atoms with van der Waals surface area (Å²) in [6.07, 6.45) is 3.80. The number of anilines is 1. The molecule has 1 aromatic rings. The molecule has 0 radical (unpaired) electrons. The predicted octanol–water partition coefficient (Wildman–Crippen LogP) is 6.28. The Kier molecular flexibility index (Phi) is 8.74. The average Bonchev–Trinajstić information content (AvgIpc) is 2.52. The third-order valence-electron chi connectivity index (χ3n) is 6.72. The summed E-state index contributed by atoms with van der Waals surface area (Å²) in [5.74, 6) is 1.04. The Balaban J connectivity index is 2.82. The largest absolute Gasteiger partial charge is 0.416 e. The van der Waals surface area contributed by atoms with E-state index < -0.39 is 16.6 Å². The van der Waals surface area contributed by atoms with Crippen molar-refractivity contribution in [3.8, 4) is 0 Å². The molecule has 168 valence electrons. The fraction of sp³-hybridized carbons (Fsp3) is 0.783. The Labute approximate surface area is 182 Å². The summed E-state index contributed by atoms with van der Waals surface area (Å²) in [6.45, 7) is 24.5. The third kappa shape index (κ3) is 7.49. The van der Waals surface area contributed by atoms with Crippen LogP contribution in [-0.2, 0) is 21.7 Å². The van der Waals surface area contributed by atoms with Crippen molar-refractivity contribution in [1.82, 2.24) is 4.98 Å². The SMILES string of the molecule is CN(C)c1ncc(CCO[Si](C)(C)C(C)(C)C)cc1CCO[Si](C)(C)C(C)(C)C. The van der Waals surface area contributed by atoms with Gasteiger partial charge in [-0.15, -0.1) is 0 Å². The summed E-state index contributed by atoms with van der Waals surface area (Å²) in [4.78, 5) is 6.84. The topological polar surface area (TPSA) is 34.6 Å². The Morgan fingerprint density at radius 3 is 1.69 bits per heavy atom. The van der Waals surface area contributed by atoms with Gasteiger partial charge in [0.1, 0.15) is 5.82 Å². The molecule has 0 unspecified atom stereocenters. The molecule has 0 aliphatic carbocycles. The molecule has 0 amide bonds. The van der Waals surface area contributed by atoms with Gasteiger partial charge in [0.05, 0.1) is 0 Å². The Morgan fingerprint density at radius 1 is 0.828 bits per heavy atom. The number of pyridine rings is 1. The predicted molar refractivity (Wildman–Crippen MR) is 132 cm³/mol. The number of aromatic nitrogens is 1. The zero-order chi connectivity index (χ0) is 22.7. The molecule has 6 heteroatoms. The summed E-state index contributed by atoms with van der Waals surface area (Å²) < 4.78 is 12.8. The fourth-order valence-electron chi connectivity index (χ4n) is 2.55. The lowest BCUT2D eigenvalue weighted by atomic mass is 10.1. The van der Waals surface area contributed by atoms with E-state index >= 15 is 0 Å². The first-order valence-corrected chi connectivity index (χ1v) is 16.7. The number of rotatable bonds is 9. The molecule has 0 aromatic carbocycles. The van der Waals surface area contributed by atoms with Crippen LogP contribution in [0.25, 0.3) is 0 Å². The molecule has 0 aliphatic heterocycles. The minimum Gasteiger partial charge on any atom is -0.416 e. The lowest BCUT2D eigenvalue weighted by Crippen LogP contribution is -2.41. The average molecular weight is 439 g/mol. The number of nitrogens with zero attached hydrogens (tertiary/aromatic N) is 2. The van der Waals surface area contributed by atoms with Gasteiger partial charge in [0.15, 0.2) is 16.6 Å². The molecule has 0 saturated heterocycles. The van der Waals surface area contributed by atoms with Gasteiger partial charge in [0, 0.05) is 33.5 Å². The monoisotopic (exact) mass is 438 g/mol. The molecular formula is C23H46N2O2Si2. The molecule has 1 rings (SSSR count). The molecule has 29 heavy (non-hydrogen) atoms. The second kappa shape index (κ2) is 9.62. The first-order valence-electron chi connectivity index (χ1n) is 10.9. The van der Waals surface area contributed by atoms with Crippen molar-refractivity contribution in [1.29, 1.82) is 0 Å². The molecule has 0 bridgehead atoms. The molecule has 1 aromatic heterocycles. The molecule has 0 spiro atoms. The maximum absolute atomic E-state index is 6.41. The number of hydrogen-bond donors (Lipinski definition) is 0. The van der Waals surface area contributed by atoms with Crippen LogP contribution in [0.2, 0.25) is 36.3 Å². The highest BCUT2D eigenvalue weighted by Crippen LogP contribution is 2.37. The lowest BCUT2D eigenvalue weighted by molar-refractivity contribution is 0.290. The van der Waals surface area contributed by atoms with Gasteiger partial charge in [-0.25, -0.2) is 4.98 Å². The Morgan fingerprint density at radius 2 is 1.28 bits per heavy atom. The van der Waals surface area contributed by atoms with E-state index in [1.54, 1.807) is 0 Å². The second-order valence-corrected chi connectivity index (χ2v) is 21.1. The normalized spacial score (nSPS) is 13.7. The van der Waals surface area contributed by atoms with Gasteiger partial charge < -0.3 is 13.8 Å². The quantitative estimate of drug-likeness (QED) is 0.425. The van der Waals surface area contributed by atoms with Crippen LogP contribution < -0.4 is 4.90 Å². The van der Waals surface area contributed by atoms with Crippen molar-refractivity contribution < 1.29 is 8.85 Å². The first-order chi connectivity index (χ1) is 13.0. The van der Waals surface area contributed by atoms with E-state index in [-0.39, 0.29) is 10.1 Å². The van der Waals surface area contributed by atoms with Crippen LogP contribution in [0.1, 0.15) is 52.7 Å². The van der Waals surface area contributed by atoms with Gasteiger partial charge in [-0.2, -0.15) is 0 Å². The minimum absolute atomic E-state index is 0.235. The Hall–Kier alpha value is -0.696. The van der Waals surface area contributed by atoms with Crippen molar-refractivity contribution in [2.75, 3.05) is 32.2 Å². The maximum atomic E-state index is 6.41. The lowest BCUT2D eigenvalue weighted by Gasteiger charge is -2.36. The highest BCUT2D eigenvalue weighted by molar-refractivity contribution is 6.74. The van der Waals surface area contributed by atoms with Crippen molar-refractivity contribution >= 4 is 22.5 Å². The highest BCUT2D eigenvalue weighted by Gasteiger charge is 2.37. The minimum atomic E-state index is -1.73. The fourth-order valence-corrected chi connectivity index (χ4v) is 4.64. The smallest absolute Gasteiger partial charge is 0.191 e. The van der Waals surface area contributed by atoms with Crippen molar-refractivity contribution in [2.45, 2.75) is 90.6 Å². The summed E-state index contributed by atoms with van der Waals surface area (Å²) in [7, 11) is 0.681. The molecule has 0 N–H and O–H groups in total. The van der Waals surface area contributed by atoms with Gasteiger partial charge in [-0.1, -0.05) is 47.6 Å². The summed E-state index contributed by atoms with van der Waals surface area (Å²) in [5, 5.41) is 0.477. The molecule has 1 heterocycles. The highest BCUT2D eigenvalue weighted by atomic mass is 28.4. The van der Waals surface area contributed by atoms with Crippen LogP contribution in [0.3, 0.4) is 0 Å². The van der Waals surface area contributed by atoms with E-state index in [0.29, 0.717) is 0 Å². The van der Waals surface area contributed by atoms with Gasteiger partial charge >= 0.3 is 0 Å². The zero-order valence-corrected chi connectivity index (χ0v) is 23.2. The van der Waals surface area contributed by atoms with E-state index in [2.05, 4.69) is 92.8 Å². The van der Waals surface area contributed by atoms with E-state index in [1.807, 2.05) is 6.20 Å². The van der Waals surface area contributed by atoms with Gasteiger partial charge in [0.2, 0.25) is 0 Å². The summed E-state index contributed by atoms with van der Waals surface area (Å²) in [6, 6.07) is 2.30. The third-order valence-corrected chi connectivity index (χ3v) is 15.8.